The first-order valence-corrected chi connectivity index (χ1v) is 4.48. The van der Waals surface area contributed by atoms with Crippen LogP contribution in [0.5, 0.6) is 0 Å². The number of hydrogen-bond donors (Lipinski definition) is 0. The van der Waals surface area contributed by atoms with E-state index in [0.29, 0.717) is 10.6 Å². The highest BCUT2D eigenvalue weighted by molar-refractivity contribution is 7.12. The second-order valence-electron chi connectivity index (χ2n) is 2.31. The van der Waals surface area contributed by atoms with E-state index in [-0.39, 0.29) is 5.78 Å². The van der Waals surface area contributed by atoms with Crippen molar-refractivity contribution in [1.29, 1.82) is 0 Å². The summed E-state index contributed by atoms with van der Waals surface area (Å²) in [6, 6.07) is 5.14. The van der Waals surface area contributed by atoms with Crippen molar-refractivity contribution >= 4 is 17.1 Å². The van der Waals surface area contributed by atoms with Crippen LogP contribution in [0.2, 0.25) is 0 Å². The maximum absolute atomic E-state index is 11.6. The zero-order valence-corrected chi connectivity index (χ0v) is 7.36. The van der Waals surface area contributed by atoms with Gasteiger partial charge < -0.3 is 0 Å². The molecule has 0 saturated heterocycles. The smallest absolute Gasteiger partial charge is 0.223 e. The predicted octanol–water partition coefficient (Wildman–Crippen LogP) is 1.16. The molecule has 0 aromatic carbocycles. The van der Waals surface area contributed by atoms with Crippen molar-refractivity contribution in [2.24, 2.45) is 0 Å². The maximum atomic E-state index is 11.6. The molecule has 0 atom stereocenters. The lowest BCUT2D eigenvalue weighted by Gasteiger charge is -1.92. The van der Waals surface area contributed by atoms with Gasteiger partial charge in [-0.1, -0.05) is 6.07 Å². The average Bonchev–Trinajstić information content (AvgIpc) is 2.71. The monoisotopic (exact) mass is 191 g/mol. The molecule has 2 heterocycles. The largest absolute Gasteiger partial charge is 0.286 e. The molecule has 0 bridgehead atoms. The Kier molecular flexibility index (Phi) is 2.09. The van der Waals surface area contributed by atoms with Gasteiger partial charge >= 0.3 is 0 Å². The quantitative estimate of drug-likeness (QED) is 0.668. The molecule has 2 aromatic heterocycles. The summed E-state index contributed by atoms with van der Waals surface area (Å²) in [6.07, 6.45) is 1.45. The van der Waals surface area contributed by atoms with Crippen LogP contribution in [0.4, 0.5) is 0 Å². The Bertz CT molecular complexity index is 399. The van der Waals surface area contributed by atoms with Crippen LogP contribution < -0.4 is 0 Å². The third kappa shape index (κ3) is 1.59. The summed E-state index contributed by atoms with van der Waals surface area (Å²) >= 11 is 1.39. The molecule has 2 rings (SSSR count). The predicted molar refractivity (Wildman–Crippen MR) is 47.6 cm³/mol. The molecule has 64 valence electrons. The van der Waals surface area contributed by atoms with Gasteiger partial charge in [0.2, 0.25) is 5.78 Å². The van der Waals surface area contributed by atoms with Gasteiger partial charge in [0.25, 0.3) is 0 Å². The zero-order valence-electron chi connectivity index (χ0n) is 6.54. The van der Waals surface area contributed by atoms with Gasteiger partial charge in [0, 0.05) is 0 Å². The second-order valence-corrected chi connectivity index (χ2v) is 3.26. The number of nitrogens with zero attached hydrogens (tertiary/aromatic N) is 3. The van der Waals surface area contributed by atoms with Crippen LogP contribution in [-0.4, -0.2) is 21.2 Å². The fourth-order valence-corrected chi connectivity index (χ4v) is 1.57. The number of hydrogen-bond acceptors (Lipinski definition) is 5. The van der Waals surface area contributed by atoms with E-state index in [4.69, 9.17) is 0 Å². The molecule has 0 aliphatic heterocycles. The van der Waals surface area contributed by atoms with Crippen LogP contribution in [0.15, 0.2) is 29.8 Å². The minimum atomic E-state index is -0.107. The molecule has 0 fully saturated rings. The lowest BCUT2D eigenvalue weighted by atomic mass is 10.2. The van der Waals surface area contributed by atoms with Gasteiger partial charge in [-0.2, -0.15) is 0 Å². The van der Waals surface area contributed by atoms with Crippen LogP contribution in [0, 0.1) is 0 Å². The molecule has 2 aromatic rings. The van der Waals surface area contributed by atoms with E-state index in [9.17, 15) is 4.79 Å². The zero-order chi connectivity index (χ0) is 9.10. The number of rotatable bonds is 2. The third-order valence-corrected chi connectivity index (χ3v) is 2.35. The molecule has 4 nitrogen and oxygen atoms in total. The molecule has 0 radical (unpaired) electrons. The summed E-state index contributed by atoms with van der Waals surface area (Å²) < 4.78 is 0. The van der Waals surface area contributed by atoms with Gasteiger partial charge in [0.05, 0.1) is 11.1 Å². The van der Waals surface area contributed by atoms with Crippen molar-refractivity contribution in [2.45, 2.75) is 0 Å². The fourth-order valence-electron chi connectivity index (χ4n) is 0.896. The van der Waals surface area contributed by atoms with Crippen molar-refractivity contribution in [1.82, 2.24) is 15.4 Å². The summed E-state index contributed by atoms with van der Waals surface area (Å²) in [5.41, 5.74) is 0.331. The molecular formula is C8H5N3OS. The van der Waals surface area contributed by atoms with E-state index in [0.717, 1.165) is 0 Å². The Morgan fingerprint density at radius 3 is 2.92 bits per heavy atom. The minimum Gasteiger partial charge on any atom is -0.286 e. The number of carbonyl (C=O) groups excluding carboxylic acids is 1. The summed E-state index contributed by atoms with van der Waals surface area (Å²) in [7, 11) is 0. The molecule has 0 spiro atoms. The second kappa shape index (κ2) is 3.40. The number of aromatic nitrogens is 3. The van der Waals surface area contributed by atoms with Crippen LogP contribution in [0.3, 0.4) is 0 Å². The Hall–Kier alpha value is -1.62. The van der Waals surface area contributed by atoms with E-state index in [2.05, 4.69) is 15.4 Å². The molecular weight excluding hydrogens is 186 g/mol. The average molecular weight is 191 g/mol. The molecule has 0 N–H and O–H groups in total. The van der Waals surface area contributed by atoms with Crippen LogP contribution in [-0.2, 0) is 0 Å². The van der Waals surface area contributed by atoms with E-state index < -0.39 is 0 Å². The van der Waals surface area contributed by atoms with Crippen LogP contribution in [0.25, 0.3) is 0 Å². The van der Waals surface area contributed by atoms with Crippen molar-refractivity contribution in [3.05, 3.63) is 40.3 Å². The summed E-state index contributed by atoms with van der Waals surface area (Å²) in [5, 5.41) is 12.4. The van der Waals surface area contributed by atoms with Crippen molar-refractivity contribution < 1.29 is 4.79 Å². The summed E-state index contributed by atoms with van der Waals surface area (Å²) in [6.45, 7) is 0. The van der Waals surface area contributed by atoms with Gasteiger partial charge in [-0.05, 0) is 22.7 Å². The third-order valence-electron chi connectivity index (χ3n) is 1.48. The molecule has 0 saturated carbocycles. The van der Waals surface area contributed by atoms with E-state index in [1.54, 1.807) is 12.1 Å². The highest BCUT2D eigenvalue weighted by atomic mass is 32.1. The minimum absolute atomic E-state index is 0.107. The number of carbonyl (C=O) groups is 1. The van der Waals surface area contributed by atoms with Gasteiger partial charge in [0.15, 0.2) is 0 Å². The summed E-state index contributed by atoms with van der Waals surface area (Å²) in [5.74, 6) is -0.107. The molecule has 0 aliphatic rings. The van der Waals surface area contributed by atoms with E-state index in [1.165, 1.54) is 17.5 Å². The first kappa shape index (κ1) is 8.00. The van der Waals surface area contributed by atoms with Crippen molar-refractivity contribution in [2.75, 3.05) is 0 Å². The SMILES string of the molecule is O=C(c1ccnnn1)c1cccs1. The van der Waals surface area contributed by atoms with Crippen LogP contribution in [0.1, 0.15) is 15.4 Å². The van der Waals surface area contributed by atoms with E-state index >= 15 is 0 Å². The maximum Gasteiger partial charge on any atom is 0.223 e. The topological polar surface area (TPSA) is 55.7 Å². The molecule has 5 heteroatoms. The number of thiophene rings is 1. The van der Waals surface area contributed by atoms with Crippen LogP contribution >= 0.6 is 11.3 Å². The Morgan fingerprint density at radius 2 is 2.31 bits per heavy atom. The highest BCUT2D eigenvalue weighted by Crippen LogP contribution is 2.12. The molecule has 0 aliphatic carbocycles. The number of ketones is 1. The standard InChI is InChI=1S/C8H5N3OS/c12-8(7-2-1-5-13-7)6-3-4-9-11-10-6/h1-5H. The lowest BCUT2D eigenvalue weighted by Crippen LogP contribution is -2.03. The summed E-state index contributed by atoms with van der Waals surface area (Å²) in [4.78, 5) is 12.3. The van der Waals surface area contributed by atoms with Gasteiger partial charge in [-0.15, -0.1) is 21.5 Å². The molecule has 0 unspecified atom stereocenters. The Balaban J connectivity index is 2.34. The van der Waals surface area contributed by atoms with E-state index in [1.807, 2.05) is 11.4 Å². The fraction of sp³-hybridized carbons (Fsp3) is 0. The van der Waals surface area contributed by atoms with Gasteiger partial charge in [-0.25, -0.2) is 0 Å². The van der Waals surface area contributed by atoms with Crippen molar-refractivity contribution in [3.63, 3.8) is 0 Å². The van der Waals surface area contributed by atoms with Crippen molar-refractivity contribution in [3.8, 4) is 0 Å². The van der Waals surface area contributed by atoms with Gasteiger partial charge in [0.1, 0.15) is 5.69 Å². The first-order valence-electron chi connectivity index (χ1n) is 3.60. The first-order chi connectivity index (χ1) is 6.38. The Morgan fingerprint density at radius 1 is 1.38 bits per heavy atom. The molecule has 0 amide bonds. The lowest BCUT2D eigenvalue weighted by molar-refractivity contribution is 0.103. The normalized spacial score (nSPS) is 9.85. The van der Waals surface area contributed by atoms with Gasteiger partial charge in [-0.3, -0.25) is 4.79 Å². The highest BCUT2D eigenvalue weighted by Gasteiger charge is 2.10. The Labute approximate surface area is 78.3 Å². The molecule has 13 heavy (non-hydrogen) atoms.